The van der Waals surface area contributed by atoms with E-state index in [0.717, 1.165) is 76.9 Å². The van der Waals surface area contributed by atoms with Crippen LogP contribution in [0.3, 0.4) is 0 Å². The molecule has 7 rings (SSSR count). The summed E-state index contributed by atoms with van der Waals surface area (Å²) in [4.78, 5) is 41.9. The molecule has 0 saturated carbocycles. The first-order chi connectivity index (χ1) is 26.9. The van der Waals surface area contributed by atoms with E-state index in [2.05, 4.69) is 33.4 Å². The first-order valence-corrected chi connectivity index (χ1v) is 19.2. The summed E-state index contributed by atoms with van der Waals surface area (Å²) < 4.78 is 15.3. The number of carbonyl (C=O) groups is 2. The van der Waals surface area contributed by atoms with Crippen molar-refractivity contribution in [1.29, 1.82) is 0 Å². The molecular weight excluding hydrogens is 699 g/mol. The molecular formula is C43H49N5O7. The minimum absolute atomic E-state index is 0.0193. The van der Waals surface area contributed by atoms with E-state index >= 15 is 0 Å². The molecule has 2 aliphatic heterocycles. The maximum Gasteiger partial charge on any atom is 0.326 e. The fraction of sp³-hybridized carbons (Fsp3) is 0.372. The number of hydrogen-bond donors (Lipinski definition) is 5. The van der Waals surface area contributed by atoms with Crippen LogP contribution in [0.1, 0.15) is 85.6 Å². The number of para-hydroxylation sites is 2. The van der Waals surface area contributed by atoms with Crippen LogP contribution in [0.4, 0.5) is 0 Å². The zero-order valence-electron chi connectivity index (χ0n) is 30.9. The minimum atomic E-state index is -0.602. The van der Waals surface area contributed by atoms with Crippen LogP contribution in [0.5, 0.6) is 0 Å². The van der Waals surface area contributed by atoms with Crippen molar-refractivity contribution >= 4 is 22.8 Å². The lowest BCUT2D eigenvalue weighted by Crippen LogP contribution is -2.43. The van der Waals surface area contributed by atoms with Crippen LogP contribution in [0, 0.1) is 0 Å². The van der Waals surface area contributed by atoms with Crippen molar-refractivity contribution in [3.8, 4) is 11.1 Å². The molecule has 0 aliphatic carbocycles. The maximum absolute atomic E-state index is 12.9. The largest absolute Gasteiger partial charge is 0.392 e. The third-order valence-electron chi connectivity index (χ3n) is 10.7. The van der Waals surface area contributed by atoms with Gasteiger partial charge in [0.05, 0.1) is 29.8 Å². The average Bonchev–Trinajstić information content (AvgIpc) is 3.57. The van der Waals surface area contributed by atoms with Crippen molar-refractivity contribution in [1.82, 2.24) is 25.2 Å². The molecule has 2 amide bonds. The Hall–Kier alpha value is -5.11. The zero-order chi connectivity index (χ0) is 38.1. The molecule has 288 valence electrons. The van der Waals surface area contributed by atoms with E-state index in [1.165, 1.54) is 0 Å². The highest BCUT2D eigenvalue weighted by atomic mass is 16.7. The second kappa shape index (κ2) is 18.0. The smallest absolute Gasteiger partial charge is 0.326 e. The predicted octanol–water partition coefficient (Wildman–Crippen LogP) is 6.05. The van der Waals surface area contributed by atoms with Crippen LogP contribution in [-0.2, 0) is 32.2 Å². The highest BCUT2D eigenvalue weighted by molar-refractivity contribution is 5.77. The van der Waals surface area contributed by atoms with Gasteiger partial charge in [-0.3, -0.25) is 19.4 Å². The number of rotatable bonds is 14. The number of benzene rings is 4. The van der Waals surface area contributed by atoms with Crippen molar-refractivity contribution in [2.75, 3.05) is 19.6 Å². The Labute approximate surface area is 320 Å². The Bertz CT molecular complexity index is 2120. The fourth-order valence-electron chi connectivity index (χ4n) is 7.76. The van der Waals surface area contributed by atoms with E-state index < -0.39 is 12.2 Å². The Kier molecular flexibility index (Phi) is 12.5. The number of aromatic nitrogens is 2. The van der Waals surface area contributed by atoms with Crippen molar-refractivity contribution in [2.45, 2.75) is 82.6 Å². The van der Waals surface area contributed by atoms with Crippen molar-refractivity contribution < 1.29 is 29.4 Å². The molecule has 2 saturated heterocycles. The molecule has 2 aliphatic rings. The lowest BCUT2D eigenvalue weighted by Gasteiger charge is -2.40. The molecule has 0 radical (unpaired) electrons. The first-order valence-electron chi connectivity index (χ1n) is 19.2. The summed E-state index contributed by atoms with van der Waals surface area (Å²) in [5.41, 5.74) is 9.13. The Morgan fingerprint density at radius 1 is 0.800 bits per heavy atom. The number of nitrogens with zero attached hydrogens (tertiary/aromatic N) is 2. The molecule has 55 heavy (non-hydrogen) atoms. The second-order valence-corrected chi connectivity index (χ2v) is 14.5. The summed E-state index contributed by atoms with van der Waals surface area (Å²) in [5.74, 6) is -0.543. The summed E-state index contributed by atoms with van der Waals surface area (Å²) in [7, 11) is 0. The van der Waals surface area contributed by atoms with E-state index in [0.29, 0.717) is 32.2 Å². The normalized spacial score (nSPS) is 19.3. The van der Waals surface area contributed by atoms with E-state index in [4.69, 9.17) is 14.7 Å². The van der Waals surface area contributed by atoms with Crippen molar-refractivity contribution in [2.24, 2.45) is 0 Å². The Morgan fingerprint density at radius 2 is 1.53 bits per heavy atom. The van der Waals surface area contributed by atoms with Crippen LogP contribution in [-0.4, -0.2) is 62.3 Å². The molecule has 0 bridgehead atoms. The van der Waals surface area contributed by atoms with Crippen LogP contribution in [0.25, 0.3) is 22.2 Å². The van der Waals surface area contributed by atoms with Gasteiger partial charge in [-0.15, -0.1) is 0 Å². The van der Waals surface area contributed by atoms with Gasteiger partial charge in [-0.05, 0) is 77.8 Å². The summed E-state index contributed by atoms with van der Waals surface area (Å²) >= 11 is 0. The van der Waals surface area contributed by atoms with Gasteiger partial charge in [-0.25, -0.2) is 10.3 Å². The molecule has 3 atom stereocenters. The summed E-state index contributed by atoms with van der Waals surface area (Å²) in [6.07, 6.45) is 3.07. The number of amides is 2. The number of imidazole rings is 1. The van der Waals surface area contributed by atoms with Gasteiger partial charge in [-0.2, -0.15) is 0 Å². The van der Waals surface area contributed by atoms with E-state index in [1.807, 2.05) is 83.4 Å². The van der Waals surface area contributed by atoms with Gasteiger partial charge in [0.1, 0.15) is 0 Å². The lowest BCUT2D eigenvalue weighted by atomic mass is 9.97. The highest BCUT2D eigenvalue weighted by Crippen LogP contribution is 2.39. The number of aliphatic hydroxyl groups excluding tert-OH is 1. The highest BCUT2D eigenvalue weighted by Gasteiger charge is 2.34. The molecule has 3 heterocycles. The number of aromatic amines is 1. The van der Waals surface area contributed by atoms with E-state index in [-0.39, 0.29) is 42.9 Å². The topological polar surface area (TPSA) is 158 Å². The molecule has 0 unspecified atom stereocenters. The molecule has 2 fully saturated rings. The van der Waals surface area contributed by atoms with Gasteiger partial charge < -0.3 is 29.8 Å². The van der Waals surface area contributed by atoms with Gasteiger partial charge in [0.2, 0.25) is 11.8 Å². The maximum atomic E-state index is 12.9. The Morgan fingerprint density at radius 3 is 2.29 bits per heavy atom. The summed E-state index contributed by atoms with van der Waals surface area (Å²) in [5, 5.41) is 21.2. The number of hydroxylamine groups is 1. The number of aliphatic hydroxyl groups is 1. The van der Waals surface area contributed by atoms with Gasteiger partial charge in [0, 0.05) is 57.0 Å². The predicted molar refractivity (Wildman–Crippen MR) is 208 cm³/mol. The van der Waals surface area contributed by atoms with E-state index in [1.54, 1.807) is 5.48 Å². The van der Waals surface area contributed by atoms with Crippen LogP contribution in [0.2, 0.25) is 0 Å². The number of carbonyl (C=O) groups excluding carboxylic acids is 2. The first kappa shape index (κ1) is 38.2. The van der Waals surface area contributed by atoms with Crippen molar-refractivity contribution in [3.05, 3.63) is 130 Å². The van der Waals surface area contributed by atoms with Gasteiger partial charge >= 0.3 is 5.69 Å². The number of fused-ring (bicyclic) bond motifs is 1. The lowest BCUT2D eigenvalue weighted by molar-refractivity contribution is -0.253. The fourth-order valence-corrected chi connectivity index (χ4v) is 7.76. The third-order valence-corrected chi connectivity index (χ3v) is 10.7. The molecule has 1 aromatic heterocycles. The van der Waals surface area contributed by atoms with Crippen LogP contribution in [0.15, 0.2) is 102 Å². The quantitative estimate of drug-likeness (QED) is 0.0522. The monoisotopic (exact) mass is 747 g/mol. The molecule has 12 heteroatoms. The Balaban J connectivity index is 1.02. The number of hydrogen-bond acceptors (Lipinski definition) is 8. The van der Waals surface area contributed by atoms with Crippen LogP contribution < -0.4 is 16.5 Å². The number of ether oxygens (including phenoxy) is 2. The molecule has 5 N–H and O–H groups in total. The zero-order valence-corrected chi connectivity index (χ0v) is 30.9. The number of likely N-dealkylation sites (tertiary alicyclic amines) is 1. The SMILES string of the molecule is O=C(CCCCC(=O)NCc1cccc(-c2cccc([C@@H]3O[C@H](CN4CCC(n5c(=O)[nH]c6ccccc65)CC4)C[C@H](c4ccc(CO)cc4)O3)c2)c1)NO. The van der Waals surface area contributed by atoms with Gasteiger partial charge in [-0.1, -0.05) is 72.8 Å². The van der Waals surface area contributed by atoms with Crippen LogP contribution >= 0.6 is 0 Å². The number of piperidine rings is 1. The molecule has 12 nitrogen and oxygen atoms in total. The third kappa shape index (κ3) is 9.59. The molecule has 0 spiro atoms. The number of H-pyrrole nitrogens is 1. The number of nitrogens with one attached hydrogen (secondary N) is 3. The molecule has 4 aromatic carbocycles. The molecule has 5 aromatic rings. The summed E-state index contributed by atoms with van der Waals surface area (Å²) in [6.45, 7) is 2.81. The standard InChI is InChI=1S/C43H49N5O7/c49-28-29-15-17-31(18-16-29)39-25-36(27-47-21-19-35(20-22-47)48-38-12-2-1-11-37(38)45-43(48)52)54-42(55-39)34-10-6-9-33(24-34)32-8-5-7-30(23-32)26-44-40(50)13-3-4-14-41(51)46-53/h1-2,5-12,15-18,23-24,35-36,39,42,49,53H,3-4,13-14,19-22,25-28H2,(H,44,50)(H,45,52)(H,46,51)/t36-,39+,42+/m0/s1. The number of unbranched alkanes of at least 4 members (excludes halogenated alkanes) is 1. The minimum Gasteiger partial charge on any atom is -0.392 e. The van der Waals surface area contributed by atoms with Gasteiger partial charge in [0.25, 0.3) is 0 Å². The van der Waals surface area contributed by atoms with Gasteiger partial charge in [0.15, 0.2) is 6.29 Å². The summed E-state index contributed by atoms with van der Waals surface area (Å²) in [6, 6.07) is 32.2. The average molecular weight is 748 g/mol. The second-order valence-electron chi connectivity index (χ2n) is 14.5. The van der Waals surface area contributed by atoms with Crippen molar-refractivity contribution in [3.63, 3.8) is 0 Å². The van der Waals surface area contributed by atoms with E-state index in [9.17, 15) is 19.5 Å².